The molecule has 0 bridgehead atoms. The van der Waals surface area contributed by atoms with Crippen molar-refractivity contribution in [2.45, 2.75) is 13.3 Å². The van der Waals surface area contributed by atoms with Crippen molar-refractivity contribution < 1.29 is 13.9 Å². The van der Waals surface area contributed by atoms with Gasteiger partial charge in [-0.3, -0.25) is 4.79 Å². The number of esters is 1. The fourth-order valence-electron chi connectivity index (χ4n) is 1.01. The van der Waals surface area contributed by atoms with E-state index >= 15 is 0 Å². The lowest BCUT2D eigenvalue weighted by atomic mass is 10.1. The van der Waals surface area contributed by atoms with Crippen LogP contribution in [0.3, 0.4) is 0 Å². The molecule has 15 heavy (non-hydrogen) atoms. The van der Waals surface area contributed by atoms with E-state index in [-0.39, 0.29) is 18.2 Å². The standard InChI is InChI=1S/C12H11FO2/c1-9-8-10(6-7-11(9)13)4-3-5-12(14)15-2/h6-8H,5H2,1-2H3. The SMILES string of the molecule is COC(=O)CC#Cc1ccc(F)c(C)c1. The summed E-state index contributed by atoms with van der Waals surface area (Å²) in [7, 11) is 1.31. The van der Waals surface area contributed by atoms with E-state index in [0.717, 1.165) is 0 Å². The van der Waals surface area contributed by atoms with Gasteiger partial charge >= 0.3 is 5.97 Å². The molecule has 0 radical (unpaired) electrons. The lowest BCUT2D eigenvalue weighted by Crippen LogP contribution is -1.97. The van der Waals surface area contributed by atoms with Crippen molar-refractivity contribution in [3.05, 3.63) is 35.1 Å². The molecule has 0 saturated heterocycles. The quantitative estimate of drug-likeness (QED) is 0.519. The number of carbonyl (C=O) groups is 1. The molecule has 2 nitrogen and oxygen atoms in total. The molecule has 0 spiro atoms. The van der Waals surface area contributed by atoms with Gasteiger partial charge in [0.2, 0.25) is 0 Å². The molecule has 0 atom stereocenters. The Morgan fingerprint density at radius 3 is 2.87 bits per heavy atom. The molecule has 0 fully saturated rings. The Balaban J connectivity index is 2.72. The van der Waals surface area contributed by atoms with E-state index in [4.69, 9.17) is 0 Å². The van der Waals surface area contributed by atoms with Gasteiger partial charge in [0.15, 0.2) is 0 Å². The highest BCUT2D eigenvalue weighted by atomic mass is 19.1. The predicted octanol–water partition coefficient (Wildman–Crippen LogP) is 2.05. The van der Waals surface area contributed by atoms with Crippen LogP contribution in [0.4, 0.5) is 4.39 Å². The molecule has 0 heterocycles. The lowest BCUT2D eigenvalue weighted by molar-refractivity contribution is -0.139. The number of methoxy groups -OCH3 is 1. The maximum atomic E-state index is 12.9. The van der Waals surface area contributed by atoms with Crippen LogP contribution in [0.2, 0.25) is 0 Å². The average Bonchev–Trinajstić information content (AvgIpc) is 2.23. The van der Waals surface area contributed by atoms with Gasteiger partial charge in [0.25, 0.3) is 0 Å². The van der Waals surface area contributed by atoms with Gasteiger partial charge in [-0.1, -0.05) is 11.8 Å². The summed E-state index contributed by atoms with van der Waals surface area (Å²) in [5, 5.41) is 0. The molecular weight excluding hydrogens is 195 g/mol. The van der Waals surface area contributed by atoms with E-state index in [1.807, 2.05) is 0 Å². The maximum absolute atomic E-state index is 12.9. The maximum Gasteiger partial charge on any atom is 0.317 e. The van der Waals surface area contributed by atoms with Gasteiger partial charge in [-0.05, 0) is 30.7 Å². The van der Waals surface area contributed by atoms with Gasteiger partial charge in [0, 0.05) is 5.56 Å². The number of aryl methyl sites for hydroxylation is 1. The van der Waals surface area contributed by atoms with E-state index < -0.39 is 0 Å². The molecule has 1 aromatic carbocycles. The predicted molar refractivity (Wildman–Crippen MR) is 54.6 cm³/mol. The normalized spacial score (nSPS) is 9.00. The smallest absolute Gasteiger partial charge is 0.317 e. The Morgan fingerprint density at radius 1 is 1.53 bits per heavy atom. The van der Waals surface area contributed by atoms with E-state index in [9.17, 15) is 9.18 Å². The van der Waals surface area contributed by atoms with Crippen molar-refractivity contribution in [1.29, 1.82) is 0 Å². The monoisotopic (exact) mass is 206 g/mol. The fraction of sp³-hybridized carbons (Fsp3) is 0.250. The van der Waals surface area contributed by atoms with Crippen molar-refractivity contribution in [2.24, 2.45) is 0 Å². The molecule has 3 heteroatoms. The molecule has 0 N–H and O–H groups in total. The molecule has 0 saturated carbocycles. The van der Waals surface area contributed by atoms with Gasteiger partial charge in [0.1, 0.15) is 12.2 Å². The Labute approximate surface area is 88.1 Å². The third kappa shape index (κ3) is 3.43. The average molecular weight is 206 g/mol. The summed E-state index contributed by atoms with van der Waals surface area (Å²) in [6.07, 6.45) is 0.0485. The first kappa shape index (κ1) is 11.3. The second kappa shape index (κ2) is 5.16. The van der Waals surface area contributed by atoms with E-state index in [0.29, 0.717) is 11.1 Å². The third-order valence-electron chi connectivity index (χ3n) is 1.85. The van der Waals surface area contributed by atoms with Crippen molar-refractivity contribution in [3.8, 4) is 11.8 Å². The zero-order chi connectivity index (χ0) is 11.3. The molecule has 0 amide bonds. The summed E-state index contributed by atoms with van der Waals surface area (Å²) >= 11 is 0. The van der Waals surface area contributed by atoms with Crippen LogP contribution in [0, 0.1) is 24.6 Å². The highest BCUT2D eigenvalue weighted by Gasteiger charge is 1.97. The molecular formula is C12H11FO2. The minimum absolute atomic E-state index is 0.0485. The van der Waals surface area contributed by atoms with Crippen LogP contribution < -0.4 is 0 Å². The molecule has 0 aliphatic heterocycles. The number of benzene rings is 1. The molecule has 1 rings (SSSR count). The number of hydrogen-bond acceptors (Lipinski definition) is 2. The first-order chi connectivity index (χ1) is 7.13. The summed E-state index contributed by atoms with van der Waals surface area (Å²) in [5.74, 6) is 4.78. The van der Waals surface area contributed by atoms with Crippen LogP contribution in [0.25, 0.3) is 0 Å². The summed E-state index contributed by atoms with van der Waals surface area (Å²) in [5.41, 5.74) is 1.23. The zero-order valence-electron chi connectivity index (χ0n) is 8.63. The Morgan fingerprint density at radius 2 is 2.27 bits per heavy atom. The second-order valence-corrected chi connectivity index (χ2v) is 3.02. The van der Waals surface area contributed by atoms with Crippen LogP contribution in [-0.2, 0) is 9.53 Å². The van der Waals surface area contributed by atoms with Crippen molar-refractivity contribution >= 4 is 5.97 Å². The zero-order valence-corrected chi connectivity index (χ0v) is 8.63. The number of halogens is 1. The van der Waals surface area contributed by atoms with Gasteiger partial charge in [-0.15, -0.1) is 0 Å². The van der Waals surface area contributed by atoms with Gasteiger partial charge in [-0.2, -0.15) is 0 Å². The van der Waals surface area contributed by atoms with Crippen molar-refractivity contribution in [3.63, 3.8) is 0 Å². The van der Waals surface area contributed by atoms with Gasteiger partial charge in [-0.25, -0.2) is 4.39 Å². The van der Waals surface area contributed by atoms with Crippen LogP contribution in [0.15, 0.2) is 18.2 Å². The van der Waals surface area contributed by atoms with Crippen LogP contribution >= 0.6 is 0 Å². The first-order valence-electron chi connectivity index (χ1n) is 4.45. The van der Waals surface area contributed by atoms with E-state index in [2.05, 4.69) is 16.6 Å². The molecule has 1 aromatic rings. The molecule has 0 aromatic heterocycles. The highest BCUT2D eigenvalue weighted by molar-refractivity contribution is 5.72. The minimum atomic E-state index is -0.374. The lowest BCUT2D eigenvalue weighted by Gasteiger charge is -1.95. The second-order valence-electron chi connectivity index (χ2n) is 3.02. The summed E-state index contributed by atoms with van der Waals surface area (Å²) in [4.78, 5) is 10.7. The molecule has 0 aliphatic carbocycles. The first-order valence-corrected chi connectivity index (χ1v) is 4.45. The number of hydrogen-bond donors (Lipinski definition) is 0. The van der Waals surface area contributed by atoms with Gasteiger partial charge < -0.3 is 4.74 Å². The number of rotatable bonds is 1. The largest absolute Gasteiger partial charge is 0.468 e. The Hall–Kier alpha value is -1.82. The van der Waals surface area contributed by atoms with E-state index in [1.165, 1.54) is 13.2 Å². The summed E-state index contributed by atoms with van der Waals surface area (Å²) in [6.45, 7) is 1.67. The fourth-order valence-corrected chi connectivity index (χ4v) is 1.01. The third-order valence-corrected chi connectivity index (χ3v) is 1.85. The number of ether oxygens (including phenoxy) is 1. The number of carbonyl (C=O) groups excluding carboxylic acids is 1. The topological polar surface area (TPSA) is 26.3 Å². The molecule has 0 unspecified atom stereocenters. The van der Waals surface area contributed by atoms with Gasteiger partial charge in [0.05, 0.1) is 7.11 Å². The van der Waals surface area contributed by atoms with E-state index in [1.54, 1.807) is 19.1 Å². The Bertz CT molecular complexity index is 427. The minimum Gasteiger partial charge on any atom is -0.468 e. The van der Waals surface area contributed by atoms with Crippen LogP contribution in [0.1, 0.15) is 17.5 Å². The summed E-state index contributed by atoms with van der Waals surface area (Å²) in [6, 6.07) is 4.57. The highest BCUT2D eigenvalue weighted by Crippen LogP contribution is 2.07. The van der Waals surface area contributed by atoms with Crippen LogP contribution in [0.5, 0.6) is 0 Å². The van der Waals surface area contributed by atoms with Crippen LogP contribution in [-0.4, -0.2) is 13.1 Å². The van der Waals surface area contributed by atoms with Crippen molar-refractivity contribution in [1.82, 2.24) is 0 Å². The molecule has 0 aliphatic rings. The summed E-state index contributed by atoms with van der Waals surface area (Å²) < 4.78 is 17.3. The molecule has 78 valence electrons. The Kier molecular flexibility index (Phi) is 3.87. The van der Waals surface area contributed by atoms with Crippen molar-refractivity contribution in [2.75, 3.05) is 7.11 Å².